The number of hydrogen-bond acceptors (Lipinski definition) is 5. The first-order valence-electron chi connectivity index (χ1n) is 9.11. The smallest absolute Gasteiger partial charge is 0.340 e. The molecule has 0 saturated heterocycles. The van der Waals surface area contributed by atoms with Crippen LogP contribution in [0.2, 0.25) is 5.02 Å². The molecule has 0 unspecified atom stereocenters. The van der Waals surface area contributed by atoms with E-state index in [0.29, 0.717) is 11.5 Å². The van der Waals surface area contributed by atoms with Crippen molar-refractivity contribution in [2.24, 2.45) is 11.1 Å². The molecule has 2 rings (SSSR count). The van der Waals surface area contributed by atoms with E-state index in [4.69, 9.17) is 21.5 Å². The van der Waals surface area contributed by atoms with Gasteiger partial charge in [-0.15, -0.1) is 0 Å². The standard InChI is InChI=1S/C20H25ClN2O5S/c1-12(2)7-8-23-13(3)9-16(14(23)4)19(24)11-28-20(25)17-10-15(29(22,26)27)5-6-18(17)21/h5-6,9-10,12H,7-8,11H2,1-4H3,(H2,22,26,27). The van der Waals surface area contributed by atoms with Gasteiger partial charge in [0.05, 0.1) is 15.5 Å². The molecule has 0 aliphatic rings. The molecule has 0 saturated carbocycles. The van der Waals surface area contributed by atoms with Crippen molar-refractivity contribution < 1.29 is 22.7 Å². The van der Waals surface area contributed by atoms with Gasteiger partial charge in [-0.2, -0.15) is 0 Å². The van der Waals surface area contributed by atoms with Gasteiger partial charge in [0.15, 0.2) is 6.61 Å². The van der Waals surface area contributed by atoms with E-state index in [-0.39, 0.29) is 21.3 Å². The maximum Gasteiger partial charge on any atom is 0.340 e. The van der Waals surface area contributed by atoms with E-state index in [1.807, 2.05) is 13.8 Å². The molecule has 0 fully saturated rings. The number of carbonyl (C=O) groups excluding carboxylic acids is 2. The molecule has 9 heteroatoms. The van der Waals surface area contributed by atoms with Gasteiger partial charge in [-0.1, -0.05) is 25.4 Å². The second-order valence-electron chi connectivity index (χ2n) is 7.30. The summed E-state index contributed by atoms with van der Waals surface area (Å²) >= 11 is 5.96. The van der Waals surface area contributed by atoms with Crippen molar-refractivity contribution in [2.75, 3.05) is 6.61 Å². The minimum absolute atomic E-state index is 0.00159. The quantitative estimate of drug-likeness (QED) is 0.499. The van der Waals surface area contributed by atoms with Crippen molar-refractivity contribution in [1.82, 2.24) is 4.57 Å². The lowest BCUT2D eigenvalue weighted by Crippen LogP contribution is -2.17. The molecule has 0 atom stereocenters. The molecule has 0 amide bonds. The average molecular weight is 441 g/mol. The highest BCUT2D eigenvalue weighted by molar-refractivity contribution is 7.89. The number of sulfonamides is 1. The number of aryl methyl sites for hydroxylation is 1. The normalized spacial score (nSPS) is 11.7. The fraction of sp³-hybridized carbons (Fsp3) is 0.400. The molecule has 0 aliphatic heterocycles. The highest BCUT2D eigenvalue weighted by atomic mass is 35.5. The van der Waals surface area contributed by atoms with Gasteiger partial charge in [0, 0.05) is 23.5 Å². The predicted octanol–water partition coefficient (Wildman–Crippen LogP) is 3.49. The van der Waals surface area contributed by atoms with Crippen LogP contribution in [-0.4, -0.2) is 31.3 Å². The fourth-order valence-electron chi connectivity index (χ4n) is 2.94. The van der Waals surface area contributed by atoms with E-state index in [1.165, 1.54) is 12.1 Å². The molecule has 0 aliphatic carbocycles. The molecular weight excluding hydrogens is 416 g/mol. The van der Waals surface area contributed by atoms with Gasteiger partial charge < -0.3 is 9.30 Å². The first-order valence-corrected chi connectivity index (χ1v) is 11.0. The number of aromatic nitrogens is 1. The number of nitrogens with two attached hydrogens (primary N) is 1. The molecule has 2 aromatic rings. The summed E-state index contributed by atoms with van der Waals surface area (Å²) in [6.45, 7) is 8.37. The maximum atomic E-state index is 12.6. The highest BCUT2D eigenvalue weighted by Gasteiger charge is 2.20. The van der Waals surface area contributed by atoms with Crippen molar-refractivity contribution in [3.05, 3.63) is 51.8 Å². The predicted molar refractivity (Wildman–Crippen MR) is 111 cm³/mol. The summed E-state index contributed by atoms with van der Waals surface area (Å²) in [5, 5.41) is 5.07. The Kier molecular flexibility index (Phi) is 7.26. The minimum Gasteiger partial charge on any atom is -0.454 e. The number of ether oxygens (including phenoxy) is 1. The van der Waals surface area contributed by atoms with E-state index >= 15 is 0 Å². The second-order valence-corrected chi connectivity index (χ2v) is 9.27. The third-order valence-electron chi connectivity index (χ3n) is 4.62. The van der Waals surface area contributed by atoms with E-state index in [1.54, 1.807) is 6.07 Å². The molecule has 0 bridgehead atoms. The largest absolute Gasteiger partial charge is 0.454 e. The van der Waals surface area contributed by atoms with Gasteiger partial charge in [-0.05, 0) is 50.5 Å². The molecule has 158 valence electrons. The second kappa shape index (κ2) is 9.11. The van der Waals surface area contributed by atoms with Crippen LogP contribution in [0.3, 0.4) is 0 Å². The Hall–Kier alpha value is -2.16. The number of rotatable bonds is 8. The number of Topliss-reactive ketones (excluding diaryl/α,β-unsaturated/α-hetero) is 1. The van der Waals surface area contributed by atoms with Gasteiger partial charge in [0.25, 0.3) is 0 Å². The lowest BCUT2D eigenvalue weighted by Gasteiger charge is -2.11. The minimum atomic E-state index is -4.01. The van der Waals surface area contributed by atoms with Gasteiger partial charge in [-0.3, -0.25) is 4.79 Å². The summed E-state index contributed by atoms with van der Waals surface area (Å²) in [5.41, 5.74) is 2.09. The number of benzene rings is 1. The van der Waals surface area contributed by atoms with Crippen LogP contribution >= 0.6 is 11.6 Å². The summed E-state index contributed by atoms with van der Waals surface area (Å²) in [6.07, 6.45) is 0.984. The van der Waals surface area contributed by atoms with Gasteiger partial charge in [-0.25, -0.2) is 18.4 Å². The zero-order valence-corrected chi connectivity index (χ0v) is 18.4. The summed E-state index contributed by atoms with van der Waals surface area (Å²) in [6, 6.07) is 5.23. The lowest BCUT2D eigenvalue weighted by atomic mass is 10.1. The number of nitrogens with zero attached hydrogens (tertiary/aromatic N) is 1. The summed E-state index contributed by atoms with van der Waals surface area (Å²) < 4.78 is 30.1. The molecule has 1 heterocycles. The zero-order chi connectivity index (χ0) is 21.9. The number of carbonyl (C=O) groups is 2. The highest BCUT2D eigenvalue weighted by Crippen LogP contribution is 2.22. The van der Waals surface area contributed by atoms with Crippen molar-refractivity contribution in [3.63, 3.8) is 0 Å². The molecule has 0 radical (unpaired) electrons. The molecule has 1 aromatic carbocycles. The Balaban J connectivity index is 2.14. The van der Waals surface area contributed by atoms with Gasteiger partial charge >= 0.3 is 5.97 Å². The Bertz CT molecular complexity index is 1040. The third-order valence-corrected chi connectivity index (χ3v) is 5.87. The maximum absolute atomic E-state index is 12.6. The summed E-state index contributed by atoms with van der Waals surface area (Å²) in [4.78, 5) is 24.6. The Morgan fingerprint density at radius 3 is 2.41 bits per heavy atom. The first kappa shape index (κ1) is 23.1. The van der Waals surface area contributed by atoms with Gasteiger partial charge in [0.1, 0.15) is 0 Å². The monoisotopic (exact) mass is 440 g/mol. The zero-order valence-electron chi connectivity index (χ0n) is 16.9. The number of primary sulfonamides is 1. The van der Waals surface area contributed by atoms with Crippen LogP contribution in [0.1, 0.15) is 52.4 Å². The molecule has 7 nitrogen and oxygen atoms in total. The van der Waals surface area contributed by atoms with Crippen molar-refractivity contribution in [2.45, 2.75) is 45.6 Å². The third kappa shape index (κ3) is 5.68. The molecule has 29 heavy (non-hydrogen) atoms. The van der Waals surface area contributed by atoms with Crippen LogP contribution in [0.5, 0.6) is 0 Å². The topological polar surface area (TPSA) is 108 Å². The van der Waals surface area contributed by atoms with E-state index in [9.17, 15) is 18.0 Å². The van der Waals surface area contributed by atoms with Crippen LogP contribution in [-0.2, 0) is 21.3 Å². The Morgan fingerprint density at radius 2 is 1.83 bits per heavy atom. The van der Waals surface area contributed by atoms with E-state index < -0.39 is 22.6 Å². The van der Waals surface area contributed by atoms with Crippen LogP contribution < -0.4 is 5.14 Å². The summed E-state index contributed by atoms with van der Waals surface area (Å²) in [5.74, 6) is -0.711. The molecule has 2 N–H and O–H groups in total. The molecule has 1 aromatic heterocycles. The van der Waals surface area contributed by atoms with Crippen LogP contribution in [0.25, 0.3) is 0 Å². The Labute approximate surface area is 175 Å². The number of ketones is 1. The SMILES string of the molecule is Cc1cc(C(=O)COC(=O)c2cc(S(N)(=O)=O)ccc2Cl)c(C)n1CCC(C)C. The lowest BCUT2D eigenvalue weighted by molar-refractivity contribution is 0.0474. The Morgan fingerprint density at radius 1 is 1.17 bits per heavy atom. The fourth-order valence-corrected chi connectivity index (χ4v) is 3.67. The van der Waals surface area contributed by atoms with Crippen molar-refractivity contribution in [1.29, 1.82) is 0 Å². The average Bonchev–Trinajstić information content (AvgIpc) is 2.91. The number of hydrogen-bond donors (Lipinski definition) is 1. The van der Waals surface area contributed by atoms with Crippen LogP contribution in [0.4, 0.5) is 0 Å². The first-order chi connectivity index (χ1) is 13.4. The number of esters is 1. The van der Waals surface area contributed by atoms with E-state index in [0.717, 1.165) is 30.4 Å². The van der Waals surface area contributed by atoms with E-state index in [2.05, 4.69) is 18.4 Å². The molecule has 0 spiro atoms. The van der Waals surface area contributed by atoms with Crippen molar-refractivity contribution >= 4 is 33.4 Å². The number of halogens is 1. The molecular formula is C20H25ClN2O5S. The van der Waals surface area contributed by atoms with Crippen LogP contribution in [0.15, 0.2) is 29.2 Å². The van der Waals surface area contributed by atoms with Gasteiger partial charge in [0.2, 0.25) is 15.8 Å². The van der Waals surface area contributed by atoms with Crippen molar-refractivity contribution in [3.8, 4) is 0 Å². The summed E-state index contributed by atoms with van der Waals surface area (Å²) in [7, 11) is -4.01. The van der Waals surface area contributed by atoms with Crippen LogP contribution in [0, 0.1) is 19.8 Å².